The minimum absolute atomic E-state index is 0.148. The van der Waals surface area contributed by atoms with Crippen molar-refractivity contribution in [1.82, 2.24) is 10.2 Å². The Morgan fingerprint density at radius 3 is 2.28 bits per heavy atom. The summed E-state index contributed by atoms with van der Waals surface area (Å²) in [7, 11) is -4.39. The van der Waals surface area contributed by atoms with Crippen LogP contribution in [0, 0.1) is 6.92 Å². The number of halogens is 4. The quantitative estimate of drug-likeness (QED) is 0.349. The molecule has 1 N–H and O–H groups in total. The van der Waals surface area contributed by atoms with Gasteiger partial charge in [-0.15, -0.1) is 0 Å². The summed E-state index contributed by atoms with van der Waals surface area (Å²) in [5.41, 5.74) is 1.23. The summed E-state index contributed by atoms with van der Waals surface area (Å²) in [5.74, 6) is -0.662. The van der Waals surface area contributed by atoms with Crippen LogP contribution in [0.2, 0.25) is 5.02 Å². The molecule has 0 aliphatic carbocycles. The van der Waals surface area contributed by atoms with Gasteiger partial charge in [0.1, 0.15) is 6.54 Å². The summed E-state index contributed by atoms with van der Waals surface area (Å²) < 4.78 is 68.5. The monoisotopic (exact) mass is 579 g/mol. The van der Waals surface area contributed by atoms with Crippen molar-refractivity contribution in [3.63, 3.8) is 0 Å². The van der Waals surface area contributed by atoms with Gasteiger partial charge in [0.2, 0.25) is 5.91 Å². The Morgan fingerprint density at radius 1 is 1.00 bits per heavy atom. The fraction of sp³-hybridized carbons (Fsp3) is 0.321. The Hall–Kier alpha value is -3.08. The molecular formula is C28H29ClF3N3O3S. The predicted molar refractivity (Wildman–Crippen MR) is 145 cm³/mol. The van der Waals surface area contributed by atoms with Gasteiger partial charge in [-0.25, -0.2) is 8.42 Å². The number of nitrogens with zero attached hydrogens (tertiary/aromatic N) is 2. The SMILES string of the molecule is Cc1ccc(S(=O)(=O)N(CC(=O)NCc2ccccc2CN2CCCC2)c2ccc(Cl)c(C(F)(F)F)c2)cc1. The number of sulfonamides is 1. The zero-order valence-corrected chi connectivity index (χ0v) is 22.9. The molecule has 0 bridgehead atoms. The summed E-state index contributed by atoms with van der Waals surface area (Å²) in [5, 5.41) is 2.17. The number of hydrogen-bond donors (Lipinski definition) is 1. The van der Waals surface area contributed by atoms with Crippen LogP contribution in [0.5, 0.6) is 0 Å². The van der Waals surface area contributed by atoms with Crippen LogP contribution < -0.4 is 9.62 Å². The lowest BCUT2D eigenvalue weighted by atomic mass is 10.1. The Kier molecular flexibility index (Phi) is 8.88. The molecule has 11 heteroatoms. The van der Waals surface area contributed by atoms with Gasteiger partial charge < -0.3 is 5.32 Å². The average molecular weight is 580 g/mol. The molecule has 4 rings (SSSR count). The molecule has 6 nitrogen and oxygen atoms in total. The van der Waals surface area contributed by atoms with Gasteiger partial charge >= 0.3 is 6.18 Å². The van der Waals surface area contributed by atoms with Gasteiger partial charge in [-0.3, -0.25) is 14.0 Å². The zero-order valence-electron chi connectivity index (χ0n) is 21.3. The number of amides is 1. The number of benzene rings is 3. The lowest BCUT2D eigenvalue weighted by Crippen LogP contribution is -2.41. The lowest BCUT2D eigenvalue weighted by Gasteiger charge is -2.25. The fourth-order valence-corrected chi connectivity index (χ4v) is 6.12. The van der Waals surface area contributed by atoms with Crippen LogP contribution in [-0.2, 0) is 34.1 Å². The topological polar surface area (TPSA) is 69.7 Å². The van der Waals surface area contributed by atoms with Crippen molar-refractivity contribution in [3.8, 4) is 0 Å². The highest BCUT2D eigenvalue weighted by molar-refractivity contribution is 7.92. The van der Waals surface area contributed by atoms with E-state index in [1.54, 1.807) is 19.1 Å². The summed E-state index contributed by atoms with van der Waals surface area (Å²) in [4.78, 5) is 15.2. The highest BCUT2D eigenvalue weighted by Crippen LogP contribution is 2.38. The Labute approximate surface area is 231 Å². The molecule has 0 atom stereocenters. The molecule has 0 unspecified atom stereocenters. The number of hydrogen-bond acceptors (Lipinski definition) is 4. The van der Waals surface area contributed by atoms with Crippen LogP contribution >= 0.6 is 11.6 Å². The first-order valence-corrected chi connectivity index (χ1v) is 14.3. The molecule has 1 aliphatic rings. The second kappa shape index (κ2) is 12.0. The summed E-state index contributed by atoms with van der Waals surface area (Å²) in [6.45, 7) is 3.96. The van der Waals surface area contributed by atoms with E-state index in [0.29, 0.717) is 10.4 Å². The lowest BCUT2D eigenvalue weighted by molar-refractivity contribution is -0.137. The summed E-state index contributed by atoms with van der Waals surface area (Å²) >= 11 is 5.76. The molecule has 1 saturated heterocycles. The maximum Gasteiger partial charge on any atom is 0.417 e. The number of alkyl halides is 3. The summed E-state index contributed by atoms with van der Waals surface area (Å²) in [6, 6.07) is 16.3. The maximum absolute atomic E-state index is 13.6. The molecular weight excluding hydrogens is 551 g/mol. The number of nitrogens with one attached hydrogen (secondary N) is 1. The van der Waals surface area contributed by atoms with Gasteiger partial charge in [-0.2, -0.15) is 13.2 Å². The van der Waals surface area contributed by atoms with E-state index in [-0.39, 0.29) is 17.1 Å². The first-order chi connectivity index (χ1) is 18.4. The molecule has 0 spiro atoms. The molecule has 1 amide bonds. The molecule has 39 heavy (non-hydrogen) atoms. The van der Waals surface area contributed by atoms with Crippen molar-refractivity contribution in [2.75, 3.05) is 23.9 Å². The van der Waals surface area contributed by atoms with E-state index < -0.39 is 39.2 Å². The minimum atomic E-state index is -4.81. The molecule has 3 aromatic rings. The van der Waals surface area contributed by atoms with Crippen molar-refractivity contribution in [2.45, 2.75) is 43.9 Å². The van der Waals surface area contributed by atoms with Gasteiger partial charge in [0.25, 0.3) is 10.0 Å². The smallest absolute Gasteiger partial charge is 0.350 e. The third kappa shape index (κ3) is 7.12. The molecule has 208 valence electrons. The van der Waals surface area contributed by atoms with Crippen LogP contribution in [0.1, 0.15) is 35.1 Å². The Morgan fingerprint density at radius 2 is 1.64 bits per heavy atom. The second-order valence-corrected chi connectivity index (χ2v) is 11.8. The first kappa shape index (κ1) is 28.9. The molecule has 1 fully saturated rings. The Bertz CT molecular complexity index is 1420. The van der Waals surface area contributed by atoms with E-state index in [2.05, 4.69) is 10.2 Å². The number of likely N-dealkylation sites (tertiary alicyclic amines) is 1. The first-order valence-electron chi connectivity index (χ1n) is 12.5. The van der Waals surface area contributed by atoms with Crippen molar-refractivity contribution in [3.05, 3.63) is 94.0 Å². The number of rotatable bonds is 9. The minimum Gasteiger partial charge on any atom is -0.350 e. The standard InChI is InChI=1S/C28H29ClF3N3O3S/c1-20-8-11-24(12-9-20)39(37,38)35(23-10-13-26(29)25(16-23)28(30,31)32)19-27(36)33-17-21-6-2-3-7-22(21)18-34-14-4-5-15-34/h2-3,6-13,16H,4-5,14-15,17-19H2,1H3,(H,33,36). The predicted octanol–water partition coefficient (Wildman–Crippen LogP) is 5.77. The van der Waals surface area contributed by atoms with Crippen molar-refractivity contribution in [1.29, 1.82) is 0 Å². The molecule has 1 heterocycles. The van der Waals surface area contributed by atoms with E-state index in [1.165, 1.54) is 12.1 Å². The van der Waals surface area contributed by atoms with Gasteiger partial charge in [0, 0.05) is 13.1 Å². The normalized spacial score (nSPS) is 14.4. The van der Waals surface area contributed by atoms with Crippen LogP contribution in [0.15, 0.2) is 71.6 Å². The van der Waals surface area contributed by atoms with Crippen molar-refractivity contribution < 1.29 is 26.4 Å². The number of carbonyl (C=O) groups excluding carboxylic acids is 1. The highest BCUT2D eigenvalue weighted by Gasteiger charge is 2.35. The third-order valence-corrected chi connectivity index (χ3v) is 8.74. The number of carbonyl (C=O) groups is 1. The van der Waals surface area contributed by atoms with Gasteiger partial charge in [-0.1, -0.05) is 53.6 Å². The fourth-order valence-electron chi connectivity index (χ4n) is 4.48. The van der Waals surface area contributed by atoms with Crippen LogP contribution in [0.25, 0.3) is 0 Å². The van der Waals surface area contributed by atoms with Gasteiger partial charge in [0.15, 0.2) is 0 Å². The molecule has 1 aliphatic heterocycles. The largest absolute Gasteiger partial charge is 0.417 e. The van der Waals surface area contributed by atoms with Crippen LogP contribution in [0.4, 0.5) is 18.9 Å². The van der Waals surface area contributed by atoms with E-state index in [4.69, 9.17) is 11.6 Å². The van der Waals surface area contributed by atoms with Crippen LogP contribution in [0.3, 0.4) is 0 Å². The highest BCUT2D eigenvalue weighted by atomic mass is 35.5. The number of aryl methyl sites for hydroxylation is 1. The van der Waals surface area contributed by atoms with E-state index in [1.807, 2.05) is 24.3 Å². The second-order valence-electron chi connectivity index (χ2n) is 9.52. The molecule has 0 saturated carbocycles. The summed E-state index contributed by atoms with van der Waals surface area (Å²) in [6.07, 6.45) is -2.52. The van der Waals surface area contributed by atoms with Gasteiger partial charge in [-0.05, 0) is 74.3 Å². The van der Waals surface area contributed by atoms with Crippen molar-refractivity contribution in [2.24, 2.45) is 0 Å². The van der Waals surface area contributed by atoms with E-state index in [9.17, 15) is 26.4 Å². The molecule has 0 radical (unpaired) electrons. The molecule has 3 aromatic carbocycles. The average Bonchev–Trinajstić information content (AvgIpc) is 3.40. The molecule has 0 aromatic heterocycles. The number of anilines is 1. The van der Waals surface area contributed by atoms with Crippen molar-refractivity contribution >= 4 is 33.2 Å². The van der Waals surface area contributed by atoms with Crippen LogP contribution in [-0.4, -0.2) is 38.9 Å². The maximum atomic E-state index is 13.6. The zero-order chi connectivity index (χ0) is 28.2. The van der Waals surface area contributed by atoms with Gasteiger partial charge in [0.05, 0.1) is 21.2 Å². The van der Waals surface area contributed by atoms with E-state index in [0.717, 1.165) is 61.3 Å². The van der Waals surface area contributed by atoms with E-state index >= 15 is 0 Å². The Balaban J connectivity index is 1.60. The third-order valence-electron chi connectivity index (χ3n) is 6.63.